The molecule has 0 saturated heterocycles. The SMILES string of the molecule is COC(=O)c1ccc(O)cc1.COC(=O)c1ccc(O)cc1.O.O.O.O.O.O.O.O=S(=O)([O-])[O-].O=S(=O)([O-])[O-].O=S(=O)([O-])[O-].O=S(=O)([O-])[O-].[Mg+2].[Mg+2].[Mg+2].[Mg+2]. The molecule has 53 heavy (non-hydrogen) atoms. The fourth-order valence-electron chi connectivity index (χ4n) is 1.43. The zero-order chi connectivity index (χ0) is 34.5. The molecule has 37 heteroatoms. The van der Waals surface area contributed by atoms with Crippen molar-refractivity contribution < 1.29 is 138 Å². The van der Waals surface area contributed by atoms with Gasteiger partial charge in [-0.05, 0) is 48.5 Å². The molecule has 0 aliphatic carbocycles. The first kappa shape index (κ1) is 98.9. The van der Waals surface area contributed by atoms with Crippen LogP contribution in [0, 0.1) is 0 Å². The largest absolute Gasteiger partial charge is 2.00 e. The summed E-state index contributed by atoms with van der Waals surface area (Å²) in [4.78, 5) is 21.6. The predicted octanol–water partition coefficient (Wildman–Crippen LogP) is -10.3. The Morgan fingerprint density at radius 1 is 0.415 bits per heavy atom. The van der Waals surface area contributed by atoms with Crippen molar-refractivity contribution in [2.24, 2.45) is 0 Å². The van der Waals surface area contributed by atoms with Crippen LogP contribution in [0.25, 0.3) is 0 Å². The minimum atomic E-state index is -5.17. The molecule has 29 nitrogen and oxygen atoms in total. The number of ether oxygens (including phenoxy) is 2. The van der Waals surface area contributed by atoms with Gasteiger partial charge in [0.25, 0.3) is 0 Å². The minimum absolute atomic E-state index is 0. The molecule has 2 aromatic rings. The Kier molecular flexibility index (Phi) is 91.9. The van der Waals surface area contributed by atoms with E-state index in [1.807, 2.05) is 0 Å². The number of phenolic OH excluding ortho intramolecular Hbond substituents is 2. The summed E-state index contributed by atoms with van der Waals surface area (Å²) < 4.78 is 145. The van der Waals surface area contributed by atoms with Gasteiger partial charge in [0.2, 0.25) is 0 Å². The Labute approximate surface area is 365 Å². The average molecular weight is 912 g/mol. The number of phenols is 2. The van der Waals surface area contributed by atoms with Gasteiger partial charge in [-0.25, -0.2) is 9.59 Å². The van der Waals surface area contributed by atoms with Gasteiger partial charge >= 0.3 is 104 Å². The van der Waals surface area contributed by atoms with Crippen LogP contribution in [0.3, 0.4) is 0 Å². The van der Waals surface area contributed by atoms with Crippen molar-refractivity contribution in [2.45, 2.75) is 0 Å². The van der Waals surface area contributed by atoms with E-state index in [1.54, 1.807) is 0 Å². The number of esters is 2. The summed E-state index contributed by atoms with van der Waals surface area (Å²) in [5.41, 5.74) is 0.871. The summed E-state index contributed by atoms with van der Waals surface area (Å²) in [5, 5.41) is 17.7. The molecule has 0 unspecified atom stereocenters. The summed E-state index contributed by atoms with van der Waals surface area (Å²) in [6.07, 6.45) is 0. The molecule has 2 aromatic carbocycles. The van der Waals surface area contributed by atoms with E-state index in [0.29, 0.717) is 11.1 Å². The Hall–Kier alpha value is -0.755. The van der Waals surface area contributed by atoms with Crippen LogP contribution >= 0.6 is 0 Å². The zero-order valence-electron chi connectivity index (χ0n) is 26.6. The predicted molar refractivity (Wildman–Crippen MR) is 169 cm³/mol. The quantitative estimate of drug-likeness (QED) is 0.122. The van der Waals surface area contributed by atoms with E-state index in [9.17, 15) is 9.59 Å². The van der Waals surface area contributed by atoms with Crippen molar-refractivity contribution in [1.82, 2.24) is 0 Å². The molecular weight excluding hydrogens is 882 g/mol. The maximum Gasteiger partial charge on any atom is 2.00 e. The maximum absolute atomic E-state index is 10.8. The molecule has 0 radical (unpaired) electrons. The second-order valence-corrected chi connectivity index (χ2v) is 8.98. The summed E-state index contributed by atoms with van der Waals surface area (Å²) in [6, 6.07) is 11.8. The van der Waals surface area contributed by atoms with Gasteiger partial charge in [-0.1, -0.05) is 0 Å². The first-order chi connectivity index (χ1) is 18.5. The van der Waals surface area contributed by atoms with Crippen molar-refractivity contribution >= 4 is 146 Å². The van der Waals surface area contributed by atoms with Gasteiger partial charge in [0.05, 0.1) is 25.3 Å². The van der Waals surface area contributed by atoms with Gasteiger partial charge in [-0.15, -0.1) is 0 Å². The van der Waals surface area contributed by atoms with E-state index < -0.39 is 53.5 Å². The normalized spacial score (nSPS) is 8.19. The van der Waals surface area contributed by atoms with Crippen LogP contribution < -0.4 is 0 Å². The van der Waals surface area contributed by atoms with Crippen molar-refractivity contribution in [3.63, 3.8) is 0 Å². The fourth-order valence-corrected chi connectivity index (χ4v) is 1.43. The molecule has 16 N–H and O–H groups in total. The molecule has 0 aromatic heterocycles. The summed E-state index contributed by atoms with van der Waals surface area (Å²) in [7, 11) is -18.0. The molecule has 0 amide bonds. The maximum atomic E-state index is 10.8. The van der Waals surface area contributed by atoms with E-state index in [4.69, 9.17) is 80.3 Å². The van der Waals surface area contributed by atoms with Gasteiger partial charge in [-0.2, -0.15) is 0 Å². The fraction of sp³-hybridized carbons (Fsp3) is 0.125. The van der Waals surface area contributed by atoms with Gasteiger partial charge < -0.3 is 94.4 Å². The van der Waals surface area contributed by atoms with Crippen LogP contribution in [0.4, 0.5) is 0 Å². The van der Waals surface area contributed by atoms with Gasteiger partial charge in [0.1, 0.15) is 11.5 Å². The van der Waals surface area contributed by atoms with Crippen LogP contribution in [0.2, 0.25) is 0 Å². The number of methoxy groups -OCH3 is 2. The molecule has 0 fully saturated rings. The summed E-state index contributed by atoms with van der Waals surface area (Å²) in [5.74, 6) is -0.523. The third-order valence-electron chi connectivity index (χ3n) is 2.58. The first-order valence-corrected chi connectivity index (χ1v) is 14.2. The molecule has 0 bridgehead atoms. The number of carbonyl (C=O) groups excluding carboxylic acids is 2. The number of carbonyl (C=O) groups is 2. The number of hydrogen-bond donors (Lipinski definition) is 2. The Morgan fingerprint density at radius 2 is 0.528 bits per heavy atom. The molecule has 300 valence electrons. The van der Waals surface area contributed by atoms with Gasteiger partial charge in [0.15, 0.2) is 0 Å². The van der Waals surface area contributed by atoms with Crippen molar-refractivity contribution in [3.8, 4) is 11.5 Å². The van der Waals surface area contributed by atoms with E-state index in [-0.39, 0.29) is 142 Å². The van der Waals surface area contributed by atoms with Crippen LogP contribution in [-0.2, 0) is 51.1 Å². The van der Waals surface area contributed by atoms with E-state index in [0.717, 1.165) is 0 Å². The number of aromatic hydroxyl groups is 2. The molecule has 0 atom stereocenters. The first-order valence-electron chi connectivity index (χ1n) is 8.89. The zero-order valence-corrected chi connectivity index (χ0v) is 35.6. The van der Waals surface area contributed by atoms with Crippen LogP contribution in [-0.4, -0.2) is 237 Å². The molecule has 0 aliphatic heterocycles. The Balaban J connectivity index is -0.0000000251. The molecule has 0 saturated carbocycles. The van der Waals surface area contributed by atoms with E-state index >= 15 is 0 Å². The average Bonchev–Trinajstić information content (AvgIpc) is 2.75. The van der Waals surface area contributed by atoms with E-state index in [1.165, 1.54) is 62.8 Å². The van der Waals surface area contributed by atoms with Gasteiger partial charge in [0, 0.05) is 41.6 Å². The smallest absolute Gasteiger partial charge is 0.759 e. The van der Waals surface area contributed by atoms with Gasteiger partial charge in [-0.3, -0.25) is 33.7 Å². The van der Waals surface area contributed by atoms with Crippen molar-refractivity contribution in [3.05, 3.63) is 59.7 Å². The van der Waals surface area contributed by atoms with Crippen LogP contribution in [0.5, 0.6) is 11.5 Å². The summed E-state index contributed by atoms with van der Waals surface area (Å²) in [6.45, 7) is 0. The number of rotatable bonds is 2. The van der Waals surface area contributed by atoms with E-state index in [2.05, 4.69) is 9.47 Å². The number of hydrogen-bond acceptors (Lipinski definition) is 22. The van der Waals surface area contributed by atoms with Crippen LogP contribution in [0.15, 0.2) is 48.5 Å². The van der Waals surface area contributed by atoms with Crippen molar-refractivity contribution in [1.29, 1.82) is 0 Å². The molecule has 0 aliphatic rings. The second-order valence-electron chi connectivity index (χ2n) is 5.71. The topological polar surface area (TPSA) is 635 Å². The minimum Gasteiger partial charge on any atom is -0.759 e. The molecule has 2 rings (SSSR count). The second kappa shape index (κ2) is 49.3. The third kappa shape index (κ3) is 127. The Morgan fingerprint density at radius 3 is 0.623 bits per heavy atom. The molecule has 0 spiro atoms. The molecule has 0 heterocycles. The summed E-state index contributed by atoms with van der Waals surface area (Å²) >= 11 is 0. The number of benzene rings is 2. The van der Waals surface area contributed by atoms with Crippen LogP contribution in [0.1, 0.15) is 20.7 Å². The third-order valence-corrected chi connectivity index (χ3v) is 2.58. The monoisotopic (exact) mass is 910 g/mol. The standard InChI is InChI=1S/2C8H8O3.4Mg.4H2O4S.7H2O/c2*1-11-8(10)6-2-4-7(9)5-3-6;;;;;4*1-5(2,3)4;;;;;;;/h2*2-5,9H,1H3;;;;;4*(H2,1,2,3,4);7*1H2/q;;4*+2;;;;;;;;;;;/p-8. The Bertz CT molecular complexity index is 1310. The van der Waals surface area contributed by atoms with Crippen molar-refractivity contribution in [2.75, 3.05) is 14.2 Å². The molecular formula is C16H30Mg4O29S4.